The summed E-state index contributed by atoms with van der Waals surface area (Å²) in [5.74, 6) is -0.133. The van der Waals surface area contributed by atoms with Gasteiger partial charge in [-0.25, -0.2) is 17.5 Å². The normalized spacial score (nSPS) is 19.8. The van der Waals surface area contributed by atoms with Crippen molar-refractivity contribution in [1.29, 1.82) is 0 Å². The van der Waals surface area contributed by atoms with Crippen LogP contribution in [-0.2, 0) is 9.84 Å². The number of aromatic nitrogens is 2. The molecule has 0 fully saturated rings. The van der Waals surface area contributed by atoms with Crippen LogP contribution in [0.15, 0.2) is 40.1 Å². The lowest BCUT2D eigenvalue weighted by Gasteiger charge is -2.32. The fourth-order valence-corrected chi connectivity index (χ4v) is 4.43. The van der Waals surface area contributed by atoms with Gasteiger partial charge in [0, 0.05) is 19.3 Å². The third kappa shape index (κ3) is 2.79. The molecule has 0 bridgehead atoms. The van der Waals surface area contributed by atoms with Crippen LogP contribution in [0, 0.1) is 5.82 Å². The molecular formula is C16H20FN5O2S. The second-order valence-corrected chi connectivity index (χ2v) is 8.07. The number of allylic oxidation sites excluding steroid dienone is 1. The maximum absolute atomic E-state index is 13.6. The average molecular weight is 365 g/mol. The van der Waals surface area contributed by atoms with Crippen LogP contribution in [0.5, 0.6) is 0 Å². The van der Waals surface area contributed by atoms with Crippen LogP contribution in [0.1, 0.15) is 13.8 Å². The van der Waals surface area contributed by atoms with E-state index in [9.17, 15) is 12.8 Å². The molecule has 0 spiro atoms. The highest BCUT2D eigenvalue weighted by atomic mass is 32.2. The minimum absolute atomic E-state index is 0.0345. The zero-order valence-corrected chi connectivity index (χ0v) is 15.0. The summed E-state index contributed by atoms with van der Waals surface area (Å²) >= 11 is 0. The number of hydrogen-bond donors (Lipinski definition) is 3. The van der Waals surface area contributed by atoms with Crippen LogP contribution in [0.2, 0.25) is 0 Å². The van der Waals surface area contributed by atoms with E-state index in [1.54, 1.807) is 7.05 Å². The Labute approximate surface area is 145 Å². The maximum atomic E-state index is 13.6. The van der Waals surface area contributed by atoms with Gasteiger partial charge in [-0.15, -0.1) is 5.10 Å². The highest BCUT2D eigenvalue weighted by Gasteiger charge is 2.36. The summed E-state index contributed by atoms with van der Waals surface area (Å²) in [7, 11) is -2.42. The topological polar surface area (TPSA) is 102 Å². The van der Waals surface area contributed by atoms with Crippen LogP contribution in [0.3, 0.4) is 0 Å². The number of nitrogens with zero attached hydrogens (tertiary/aromatic N) is 2. The molecule has 1 aliphatic heterocycles. The standard InChI is InChI=1S/C16H20FN5O2S/c1-10-8-16(2,9-18)20-15-13(14(19-3)21-22(10)15)25(23,24)12-6-4-5-11(17)7-12/h4-8,20H,9,18H2,1-3H3,(H,19,21). The fourth-order valence-electron chi connectivity index (χ4n) is 2.88. The number of sulfone groups is 1. The summed E-state index contributed by atoms with van der Waals surface area (Å²) < 4.78 is 41.4. The first-order valence-corrected chi connectivity index (χ1v) is 9.20. The number of nitrogens with two attached hydrogens (primary N) is 1. The van der Waals surface area contributed by atoms with Gasteiger partial charge in [-0.3, -0.25) is 0 Å². The number of halogens is 1. The van der Waals surface area contributed by atoms with E-state index < -0.39 is 21.2 Å². The average Bonchev–Trinajstić information content (AvgIpc) is 2.94. The van der Waals surface area contributed by atoms with Gasteiger partial charge in [0.1, 0.15) is 5.82 Å². The highest BCUT2D eigenvalue weighted by molar-refractivity contribution is 7.91. The Morgan fingerprint density at radius 1 is 1.44 bits per heavy atom. The Morgan fingerprint density at radius 3 is 2.76 bits per heavy atom. The van der Waals surface area contributed by atoms with E-state index in [0.717, 1.165) is 11.8 Å². The number of rotatable bonds is 4. The molecule has 3 rings (SSSR count). The van der Waals surface area contributed by atoms with Gasteiger partial charge in [0.2, 0.25) is 9.84 Å². The molecule has 0 saturated carbocycles. The van der Waals surface area contributed by atoms with Crippen LogP contribution in [-0.4, -0.2) is 37.3 Å². The molecule has 1 unspecified atom stereocenters. The van der Waals surface area contributed by atoms with Gasteiger partial charge in [0.05, 0.1) is 10.4 Å². The van der Waals surface area contributed by atoms with Gasteiger partial charge in [-0.05, 0) is 38.1 Å². The summed E-state index contributed by atoms with van der Waals surface area (Å²) in [5.41, 5.74) is 5.97. The lowest BCUT2D eigenvalue weighted by atomic mass is 10.00. The second kappa shape index (κ2) is 5.85. The lowest BCUT2D eigenvalue weighted by molar-refractivity contribution is 0.589. The van der Waals surface area contributed by atoms with E-state index in [-0.39, 0.29) is 22.2 Å². The van der Waals surface area contributed by atoms with E-state index in [2.05, 4.69) is 15.7 Å². The molecule has 9 heteroatoms. The first-order valence-electron chi connectivity index (χ1n) is 7.71. The number of fused-ring (bicyclic) bond motifs is 1. The predicted octanol–water partition coefficient (Wildman–Crippen LogP) is 1.90. The Hall–Kier alpha value is -2.39. The molecule has 4 N–H and O–H groups in total. The molecule has 2 aromatic rings. The lowest BCUT2D eigenvalue weighted by Crippen LogP contribution is -2.44. The molecule has 1 atom stereocenters. The van der Waals surface area contributed by atoms with Gasteiger partial charge in [0.25, 0.3) is 0 Å². The summed E-state index contributed by atoms with van der Waals surface area (Å²) in [5, 5.41) is 10.3. The van der Waals surface area contributed by atoms with Crippen molar-refractivity contribution < 1.29 is 12.8 Å². The van der Waals surface area contributed by atoms with Gasteiger partial charge < -0.3 is 16.4 Å². The highest BCUT2D eigenvalue weighted by Crippen LogP contribution is 2.39. The maximum Gasteiger partial charge on any atom is 0.214 e. The Balaban J connectivity index is 2.27. The molecule has 1 aromatic carbocycles. The minimum atomic E-state index is -4.00. The van der Waals surface area contributed by atoms with Crippen LogP contribution >= 0.6 is 0 Å². The van der Waals surface area contributed by atoms with Crippen molar-refractivity contribution in [3.05, 3.63) is 36.2 Å². The number of anilines is 2. The molecule has 2 heterocycles. The van der Waals surface area contributed by atoms with Gasteiger partial charge >= 0.3 is 0 Å². The van der Waals surface area contributed by atoms with E-state index in [1.165, 1.54) is 22.9 Å². The van der Waals surface area contributed by atoms with E-state index in [0.29, 0.717) is 5.82 Å². The van der Waals surface area contributed by atoms with Gasteiger partial charge in [-0.1, -0.05) is 6.07 Å². The van der Waals surface area contributed by atoms with Crippen molar-refractivity contribution in [3.8, 4) is 0 Å². The molecule has 1 aliphatic rings. The van der Waals surface area contributed by atoms with Gasteiger partial charge in [0.15, 0.2) is 16.5 Å². The van der Waals surface area contributed by atoms with E-state index >= 15 is 0 Å². The second-order valence-electron chi connectivity index (χ2n) is 6.18. The minimum Gasteiger partial charge on any atom is -0.370 e. The van der Waals surface area contributed by atoms with Crippen LogP contribution in [0.25, 0.3) is 5.70 Å². The summed E-state index contributed by atoms with van der Waals surface area (Å²) in [6.07, 6.45) is 1.89. The van der Waals surface area contributed by atoms with Crippen molar-refractivity contribution in [2.75, 3.05) is 24.2 Å². The SMILES string of the molecule is CNc1nn2c(c1S(=O)(=O)c1cccc(F)c1)NC(C)(CN)C=C2C. The summed E-state index contributed by atoms with van der Waals surface area (Å²) in [6.45, 7) is 3.96. The first kappa shape index (κ1) is 17.4. The summed E-state index contributed by atoms with van der Waals surface area (Å²) in [6, 6.07) is 4.91. The number of nitrogens with one attached hydrogen (secondary N) is 2. The van der Waals surface area contributed by atoms with E-state index in [4.69, 9.17) is 5.73 Å². The Bertz CT molecular complexity index is 967. The molecule has 0 saturated heterocycles. The molecule has 0 aliphatic carbocycles. The zero-order valence-electron chi connectivity index (χ0n) is 14.2. The number of hydrogen-bond acceptors (Lipinski definition) is 6. The molecule has 0 radical (unpaired) electrons. The molecule has 134 valence electrons. The van der Waals surface area contributed by atoms with Crippen molar-refractivity contribution in [2.24, 2.45) is 5.73 Å². The Kier molecular flexibility index (Phi) is 4.08. The van der Waals surface area contributed by atoms with E-state index in [1.807, 2.05) is 19.9 Å². The predicted molar refractivity (Wildman–Crippen MR) is 94.7 cm³/mol. The summed E-state index contributed by atoms with van der Waals surface area (Å²) in [4.78, 5) is -0.170. The molecular weight excluding hydrogens is 345 g/mol. The number of benzene rings is 1. The monoisotopic (exact) mass is 365 g/mol. The van der Waals surface area contributed by atoms with Gasteiger partial charge in [-0.2, -0.15) is 0 Å². The first-order chi connectivity index (χ1) is 11.7. The smallest absolute Gasteiger partial charge is 0.214 e. The molecule has 0 amide bonds. The fraction of sp³-hybridized carbons (Fsp3) is 0.312. The Morgan fingerprint density at radius 2 is 2.16 bits per heavy atom. The third-order valence-electron chi connectivity index (χ3n) is 4.14. The zero-order chi connectivity index (χ0) is 18.4. The molecule has 25 heavy (non-hydrogen) atoms. The molecule has 1 aromatic heterocycles. The van der Waals surface area contributed by atoms with Crippen molar-refractivity contribution in [3.63, 3.8) is 0 Å². The molecule has 7 nitrogen and oxygen atoms in total. The van der Waals surface area contributed by atoms with Crippen molar-refractivity contribution in [1.82, 2.24) is 9.78 Å². The van der Waals surface area contributed by atoms with Crippen LogP contribution < -0.4 is 16.4 Å². The van der Waals surface area contributed by atoms with Crippen LogP contribution in [0.4, 0.5) is 16.0 Å². The van der Waals surface area contributed by atoms with Crippen molar-refractivity contribution in [2.45, 2.75) is 29.2 Å². The quantitative estimate of drug-likeness (QED) is 0.765. The third-order valence-corrected chi connectivity index (χ3v) is 5.94. The largest absolute Gasteiger partial charge is 0.370 e. The van der Waals surface area contributed by atoms with Crippen molar-refractivity contribution >= 4 is 27.2 Å².